The minimum atomic E-state index is -3.04. The molecule has 0 unspecified atom stereocenters. The fourth-order valence-electron chi connectivity index (χ4n) is 2.97. The molecule has 1 aliphatic heterocycles. The van der Waals surface area contributed by atoms with Crippen LogP contribution in [0, 0.1) is 5.92 Å². The Bertz CT molecular complexity index is 765. The molecule has 3 heterocycles. The summed E-state index contributed by atoms with van der Waals surface area (Å²) < 4.78 is 25.4. The molecule has 124 valence electrons. The molecule has 6 nitrogen and oxygen atoms in total. The lowest BCUT2D eigenvalue weighted by molar-refractivity contribution is 0.282. The van der Waals surface area contributed by atoms with Gasteiger partial charge in [0.2, 0.25) is 10.0 Å². The van der Waals surface area contributed by atoms with E-state index >= 15 is 0 Å². The van der Waals surface area contributed by atoms with Gasteiger partial charge in [-0.2, -0.15) is 0 Å². The molecule has 1 N–H and O–H groups in total. The zero-order valence-electron chi connectivity index (χ0n) is 13.3. The maximum absolute atomic E-state index is 11.9. The molecule has 1 saturated heterocycles. The van der Waals surface area contributed by atoms with E-state index in [2.05, 4.69) is 15.3 Å². The lowest BCUT2D eigenvalue weighted by atomic mass is 9.98. The number of rotatable bonds is 5. The highest BCUT2D eigenvalue weighted by Crippen LogP contribution is 2.23. The standard InChI is InChI=1S/C16H22N4O2S/c1-2-23(21,22)20-9-5-13(6-10-20)11-19-16-4-8-18-15-3-7-17-12-14(15)16/h3-4,7-8,12-13H,2,5-6,9-11H2,1H3,(H,18,19). The van der Waals surface area contributed by atoms with Gasteiger partial charge in [0.15, 0.2) is 0 Å². The Morgan fingerprint density at radius 1 is 1.26 bits per heavy atom. The Kier molecular flexibility index (Phi) is 4.77. The highest BCUT2D eigenvalue weighted by atomic mass is 32.2. The van der Waals surface area contributed by atoms with E-state index in [9.17, 15) is 8.42 Å². The number of nitrogens with one attached hydrogen (secondary N) is 1. The summed E-state index contributed by atoms with van der Waals surface area (Å²) in [5, 5.41) is 4.49. The van der Waals surface area contributed by atoms with E-state index < -0.39 is 10.0 Å². The van der Waals surface area contributed by atoms with Gasteiger partial charge in [-0.1, -0.05) is 0 Å². The average molecular weight is 334 g/mol. The Morgan fingerprint density at radius 2 is 2.04 bits per heavy atom. The van der Waals surface area contributed by atoms with Crippen molar-refractivity contribution in [1.29, 1.82) is 0 Å². The number of hydrogen-bond acceptors (Lipinski definition) is 5. The normalized spacial score (nSPS) is 17.4. The summed E-state index contributed by atoms with van der Waals surface area (Å²) in [6, 6.07) is 3.86. The van der Waals surface area contributed by atoms with Crippen LogP contribution >= 0.6 is 0 Å². The number of sulfonamides is 1. The third-order valence-corrected chi connectivity index (χ3v) is 6.34. The van der Waals surface area contributed by atoms with Crippen LogP contribution in [-0.4, -0.2) is 48.1 Å². The Hall–Kier alpha value is -1.73. The van der Waals surface area contributed by atoms with Crippen LogP contribution in [-0.2, 0) is 10.0 Å². The molecule has 0 saturated carbocycles. The van der Waals surface area contributed by atoms with Gasteiger partial charge in [-0.15, -0.1) is 0 Å². The second-order valence-electron chi connectivity index (χ2n) is 5.88. The average Bonchev–Trinajstić information content (AvgIpc) is 2.60. The Balaban J connectivity index is 1.60. The Labute approximate surface area is 137 Å². The number of nitrogens with zero attached hydrogens (tertiary/aromatic N) is 3. The van der Waals surface area contributed by atoms with Crippen LogP contribution in [0.25, 0.3) is 10.9 Å². The highest BCUT2D eigenvalue weighted by molar-refractivity contribution is 7.89. The lowest BCUT2D eigenvalue weighted by Gasteiger charge is -2.31. The van der Waals surface area contributed by atoms with E-state index in [1.165, 1.54) is 0 Å². The molecule has 0 aromatic carbocycles. The zero-order chi connectivity index (χ0) is 16.3. The quantitative estimate of drug-likeness (QED) is 0.906. The summed E-state index contributed by atoms with van der Waals surface area (Å²) in [7, 11) is -3.04. The molecule has 0 amide bonds. The molecule has 0 spiro atoms. The largest absolute Gasteiger partial charge is 0.384 e. The van der Waals surface area contributed by atoms with Crippen molar-refractivity contribution in [3.8, 4) is 0 Å². The van der Waals surface area contributed by atoms with E-state index in [1.807, 2.05) is 18.3 Å². The minimum Gasteiger partial charge on any atom is -0.384 e. The predicted molar refractivity (Wildman–Crippen MR) is 91.8 cm³/mol. The summed E-state index contributed by atoms with van der Waals surface area (Å²) >= 11 is 0. The third-order valence-electron chi connectivity index (χ3n) is 4.46. The number of anilines is 1. The van der Waals surface area contributed by atoms with Crippen LogP contribution in [0.1, 0.15) is 19.8 Å². The SMILES string of the molecule is CCS(=O)(=O)N1CCC(CNc2ccnc3ccncc23)CC1. The number of fused-ring (bicyclic) bond motifs is 1. The topological polar surface area (TPSA) is 75.2 Å². The first-order chi connectivity index (χ1) is 11.1. The number of aromatic nitrogens is 2. The van der Waals surface area contributed by atoms with E-state index in [0.717, 1.165) is 36.0 Å². The molecule has 1 fully saturated rings. The van der Waals surface area contributed by atoms with Crippen molar-refractivity contribution in [3.05, 3.63) is 30.7 Å². The molecule has 0 atom stereocenters. The fourth-order valence-corrected chi connectivity index (χ4v) is 4.10. The molecule has 0 radical (unpaired) electrons. The van der Waals surface area contributed by atoms with E-state index in [4.69, 9.17) is 0 Å². The van der Waals surface area contributed by atoms with Crippen molar-refractivity contribution in [1.82, 2.24) is 14.3 Å². The summed E-state index contributed by atoms with van der Waals surface area (Å²) in [6.07, 6.45) is 7.15. The first-order valence-corrected chi connectivity index (χ1v) is 9.61. The van der Waals surface area contributed by atoms with Gasteiger partial charge in [0, 0.05) is 49.3 Å². The van der Waals surface area contributed by atoms with Gasteiger partial charge >= 0.3 is 0 Å². The van der Waals surface area contributed by atoms with Gasteiger partial charge < -0.3 is 5.32 Å². The van der Waals surface area contributed by atoms with E-state index in [-0.39, 0.29) is 5.75 Å². The first kappa shape index (κ1) is 16.1. The molecular weight excluding hydrogens is 312 g/mol. The van der Waals surface area contributed by atoms with Crippen molar-refractivity contribution in [2.75, 3.05) is 30.7 Å². The second kappa shape index (κ2) is 6.80. The fraction of sp³-hybridized carbons (Fsp3) is 0.500. The molecule has 1 aliphatic rings. The second-order valence-corrected chi connectivity index (χ2v) is 8.13. The molecular formula is C16H22N4O2S. The van der Waals surface area contributed by atoms with Gasteiger partial charge in [-0.3, -0.25) is 9.97 Å². The van der Waals surface area contributed by atoms with Gasteiger partial charge in [-0.25, -0.2) is 12.7 Å². The Morgan fingerprint density at radius 3 is 2.78 bits per heavy atom. The van der Waals surface area contributed by atoms with Gasteiger partial charge in [0.25, 0.3) is 0 Å². The van der Waals surface area contributed by atoms with Crippen molar-refractivity contribution < 1.29 is 8.42 Å². The molecule has 23 heavy (non-hydrogen) atoms. The zero-order valence-corrected chi connectivity index (χ0v) is 14.1. The molecule has 2 aromatic heterocycles. The summed E-state index contributed by atoms with van der Waals surface area (Å²) in [5.74, 6) is 0.671. The summed E-state index contributed by atoms with van der Waals surface area (Å²) in [4.78, 5) is 8.49. The number of hydrogen-bond donors (Lipinski definition) is 1. The van der Waals surface area contributed by atoms with Crippen LogP contribution in [0.3, 0.4) is 0 Å². The summed E-state index contributed by atoms with van der Waals surface area (Å²) in [6.45, 7) is 3.79. The van der Waals surface area contributed by atoms with Gasteiger partial charge in [-0.05, 0) is 37.8 Å². The third kappa shape index (κ3) is 3.61. The van der Waals surface area contributed by atoms with Crippen molar-refractivity contribution >= 4 is 26.6 Å². The lowest BCUT2D eigenvalue weighted by Crippen LogP contribution is -2.40. The first-order valence-electron chi connectivity index (χ1n) is 8.00. The van der Waals surface area contributed by atoms with Crippen LogP contribution in [0.4, 0.5) is 5.69 Å². The molecule has 2 aromatic rings. The van der Waals surface area contributed by atoms with Crippen molar-refractivity contribution in [2.24, 2.45) is 5.92 Å². The van der Waals surface area contributed by atoms with E-state index in [1.54, 1.807) is 23.6 Å². The van der Waals surface area contributed by atoms with Gasteiger partial charge in [0.05, 0.1) is 11.3 Å². The smallest absolute Gasteiger partial charge is 0.213 e. The monoisotopic (exact) mass is 334 g/mol. The maximum atomic E-state index is 11.9. The molecule has 0 bridgehead atoms. The van der Waals surface area contributed by atoms with E-state index in [0.29, 0.717) is 19.0 Å². The van der Waals surface area contributed by atoms with Crippen LogP contribution in [0.5, 0.6) is 0 Å². The van der Waals surface area contributed by atoms with Gasteiger partial charge in [0.1, 0.15) is 0 Å². The predicted octanol–water partition coefficient (Wildman–Crippen LogP) is 2.10. The van der Waals surface area contributed by atoms with Crippen LogP contribution in [0.2, 0.25) is 0 Å². The van der Waals surface area contributed by atoms with Crippen molar-refractivity contribution in [2.45, 2.75) is 19.8 Å². The minimum absolute atomic E-state index is 0.186. The highest BCUT2D eigenvalue weighted by Gasteiger charge is 2.26. The van der Waals surface area contributed by atoms with Crippen molar-refractivity contribution in [3.63, 3.8) is 0 Å². The van der Waals surface area contributed by atoms with Crippen LogP contribution < -0.4 is 5.32 Å². The number of pyridine rings is 2. The van der Waals surface area contributed by atoms with Crippen LogP contribution in [0.15, 0.2) is 30.7 Å². The molecule has 0 aliphatic carbocycles. The molecule has 3 rings (SSSR count). The molecule has 7 heteroatoms. The maximum Gasteiger partial charge on any atom is 0.213 e. The number of piperidine rings is 1. The summed E-state index contributed by atoms with van der Waals surface area (Å²) in [5.41, 5.74) is 1.96.